The smallest absolute Gasteiger partial charge is 0.260 e. The summed E-state index contributed by atoms with van der Waals surface area (Å²) in [6, 6.07) is 16.8. The van der Waals surface area contributed by atoms with Crippen LogP contribution in [0.4, 0.5) is 13.9 Å². The largest absolute Gasteiger partial charge is 0.279 e. The first-order valence-corrected chi connectivity index (χ1v) is 13.6. The standard InChI is InChI=1S/C26H25F2N3O3S2/c1-3-4-14-30(2)36(33,34)21-12-10-19(11-13-21)25(32)31(17-18-8-6-5-7-9-18)26-29-24-22(28)15-20(27)16-23(24)35-26/h5-13,15-16H,3-4,14,17H2,1-2H3. The maximum absolute atomic E-state index is 14.3. The van der Waals surface area contributed by atoms with Crippen LogP contribution in [0.3, 0.4) is 0 Å². The van der Waals surface area contributed by atoms with Gasteiger partial charge in [-0.1, -0.05) is 55.0 Å². The van der Waals surface area contributed by atoms with Gasteiger partial charge in [-0.05, 0) is 42.3 Å². The topological polar surface area (TPSA) is 70.6 Å². The lowest BCUT2D eigenvalue weighted by molar-refractivity contribution is 0.0985. The highest BCUT2D eigenvalue weighted by atomic mass is 32.2. The van der Waals surface area contributed by atoms with E-state index >= 15 is 0 Å². The molecule has 0 fully saturated rings. The Kier molecular flexibility index (Phi) is 7.77. The Morgan fingerprint density at radius 1 is 1.03 bits per heavy atom. The predicted octanol–water partition coefficient (Wildman–Crippen LogP) is 5.84. The molecule has 1 heterocycles. The second-order valence-corrected chi connectivity index (χ2v) is 11.4. The van der Waals surface area contributed by atoms with E-state index in [4.69, 9.17) is 0 Å². The maximum Gasteiger partial charge on any atom is 0.260 e. The van der Waals surface area contributed by atoms with E-state index in [0.717, 1.165) is 35.8 Å². The average Bonchev–Trinajstić information content (AvgIpc) is 3.30. The van der Waals surface area contributed by atoms with Gasteiger partial charge in [-0.25, -0.2) is 26.5 Å². The van der Waals surface area contributed by atoms with Crippen molar-refractivity contribution >= 4 is 42.6 Å². The number of rotatable bonds is 9. The Morgan fingerprint density at radius 3 is 2.39 bits per heavy atom. The minimum absolute atomic E-state index is 0.0150. The monoisotopic (exact) mass is 529 g/mol. The number of thiazole rings is 1. The fraction of sp³-hybridized carbons (Fsp3) is 0.231. The fourth-order valence-electron chi connectivity index (χ4n) is 3.66. The van der Waals surface area contributed by atoms with Gasteiger partial charge in [0.2, 0.25) is 10.0 Å². The van der Waals surface area contributed by atoms with Crippen LogP contribution in [0.1, 0.15) is 35.7 Å². The van der Waals surface area contributed by atoms with Gasteiger partial charge in [0.05, 0.1) is 16.1 Å². The minimum atomic E-state index is -3.68. The lowest BCUT2D eigenvalue weighted by atomic mass is 10.1. The molecular formula is C26H25F2N3O3S2. The van der Waals surface area contributed by atoms with E-state index in [1.165, 1.54) is 46.6 Å². The number of hydrogen-bond donors (Lipinski definition) is 0. The minimum Gasteiger partial charge on any atom is -0.279 e. The number of hydrogen-bond acceptors (Lipinski definition) is 5. The Bertz CT molecular complexity index is 1470. The third-order valence-electron chi connectivity index (χ3n) is 5.70. The van der Waals surface area contributed by atoms with Crippen molar-refractivity contribution in [2.75, 3.05) is 18.5 Å². The number of benzene rings is 3. The lowest BCUT2D eigenvalue weighted by Gasteiger charge is -2.21. The zero-order valence-electron chi connectivity index (χ0n) is 19.8. The number of amides is 1. The molecule has 0 aliphatic heterocycles. The summed E-state index contributed by atoms with van der Waals surface area (Å²) in [5.41, 5.74) is 1.04. The van der Waals surface area contributed by atoms with E-state index in [9.17, 15) is 22.0 Å². The first kappa shape index (κ1) is 25.9. The quantitative estimate of drug-likeness (QED) is 0.273. The Hall–Kier alpha value is -3.21. The van der Waals surface area contributed by atoms with Crippen molar-refractivity contribution in [3.05, 3.63) is 89.5 Å². The van der Waals surface area contributed by atoms with Crippen LogP contribution in [-0.2, 0) is 16.6 Å². The van der Waals surface area contributed by atoms with Gasteiger partial charge in [0.15, 0.2) is 10.9 Å². The Morgan fingerprint density at radius 2 is 1.72 bits per heavy atom. The van der Waals surface area contributed by atoms with E-state index in [0.29, 0.717) is 6.54 Å². The highest BCUT2D eigenvalue weighted by Gasteiger charge is 2.25. The predicted molar refractivity (Wildman–Crippen MR) is 138 cm³/mol. The van der Waals surface area contributed by atoms with Crippen LogP contribution < -0.4 is 4.90 Å². The van der Waals surface area contributed by atoms with Gasteiger partial charge in [-0.3, -0.25) is 9.69 Å². The van der Waals surface area contributed by atoms with Gasteiger partial charge >= 0.3 is 0 Å². The maximum atomic E-state index is 14.3. The molecule has 0 bridgehead atoms. The SMILES string of the molecule is CCCCN(C)S(=O)(=O)c1ccc(C(=O)N(Cc2ccccc2)c2nc3c(F)cc(F)cc3s2)cc1. The molecule has 188 valence electrons. The third-order valence-corrected chi connectivity index (χ3v) is 8.59. The molecule has 0 unspecified atom stereocenters. The van der Waals surface area contributed by atoms with Crippen LogP contribution in [0, 0.1) is 11.6 Å². The molecule has 0 aliphatic rings. The van der Waals surface area contributed by atoms with E-state index in [-0.39, 0.29) is 32.4 Å². The molecule has 0 N–H and O–H groups in total. The summed E-state index contributed by atoms with van der Waals surface area (Å²) in [4.78, 5) is 19.3. The summed E-state index contributed by atoms with van der Waals surface area (Å²) in [5.74, 6) is -1.97. The lowest BCUT2D eigenvalue weighted by Crippen LogP contribution is -2.30. The fourth-order valence-corrected chi connectivity index (χ4v) is 5.87. The number of carbonyl (C=O) groups excluding carboxylic acids is 1. The summed E-state index contributed by atoms with van der Waals surface area (Å²) in [7, 11) is -2.15. The molecule has 0 saturated heterocycles. The highest BCUT2D eigenvalue weighted by molar-refractivity contribution is 7.89. The van der Waals surface area contributed by atoms with Gasteiger partial charge < -0.3 is 0 Å². The van der Waals surface area contributed by atoms with Gasteiger partial charge in [0.1, 0.15) is 11.3 Å². The molecule has 4 rings (SSSR count). The summed E-state index contributed by atoms with van der Waals surface area (Å²) in [6.45, 7) is 2.53. The second kappa shape index (κ2) is 10.8. The highest BCUT2D eigenvalue weighted by Crippen LogP contribution is 2.33. The Labute approximate surface area is 212 Å². The molecule has 36 heavy (non-hydrogen) atoms. The molecule has 0 spiro atoms. The van der Waals surface area contributed by atoms with Crippen molar-refractivity contribution in [1.29, 1.82) is 0 Å². The molecule has 1 aromatic heterocycles. The Balaban J connectivity index is 1.68. The van der Waals surface area contributed by atoms with Crippen LogP contribution in [0.2, 0.25) is 0 Å². The van der Waals surface area contributed by atoms with Gasteiger partial charge in [-0.15, -0.1) is 0 Å². The number of sulfonamides is 1. The molecule has 1 amide bonds. The summed E-state index contributed by atoms with van der Waals surface area (Å²) in [5, 5.41) is 0.208. The molecule has 4 aromatic rings. The van der Waals surface area contributed by atoms with E-state index in [2.05, 4.69) is 4.98 Å². The summed E-state index contributed by atoms with van der Waals surface area (Å²) < 4.78 is 55.3. The zero-order valence-corrected chi connectivity index (χ0v) is 21.5. The summed E-state index contributed by atoms with van der Waals surface area (Å²) in [6.07, 6.45) is 1.61. The first-order chi connectivity index (χ1) is 17.2. The van der Waals surface area contributed by atoms with Crippen LogP contribution in [0.25, 0.3) is 10.2 Å². The molecule has 0 saturated carbocycles. The number of fused-ring (bicyclic) bond motifs is 1. The van der Waals surface area contributed by atoms with Crippen LogP contribution >= 0.6 is 11.3 Å². The van der Waals surface area contributed by atoms with Crippen molar-refractivity contribution in [3.8, 4) is 0 Å². The number of halogens is 2. The van der Waals surface area contributed by atoms with Gasteiger partial charge in [-0.2, -0.15) is 0 Å². The molecule has 3 aromatic carbocycles. The second-order valence-electron chi connectivity index (χ2n) is 8.31. The van der Waals surface area contributed by atoms with Crippen molar-refractivity contribution < 1.29 is 22.0 Å². The molecule has 10 heteroatoms. The molecule has 0 atom stereocenters. The number of carbonyl (C=O) groups is 1. The van der Waals surface area contributed by atoms with Gasteiger partial charge in [0.25, 0.3) is 5.91 Å². The van der Waals surface area contributed by atoms with Crippen molar-refractivity contribution in [1.82, 2.24) is 9.29 Å². The molecule has 6 nitrogen and oxygen atoms in total. The first-order valence-electron chi connectivity index (χ1n) is 11.4. The number of aromatic nitrogens is 1. The van der Waals surface area contributed by atoms with Crippen LogP contribution in [0.5, 0.6) is 0 Å². The number of anilines is 1. The van der Waals surface area contributed by atoms with Crippen molar-refractivity contribution in [2.45, 2.75) is 31.2 Å². The normalized spacial score (nSPS) is 11.8. The number of unbranched alkanes of at least 4 members (excludes halogenated alkanes) is 1. The van der Waals surface area contributed by atoms with E-state index in [1.807, 2.05) is 37.3 Å². The third kappa shape index (κ3) is 5.45. The zero-order chi connectivity index (χ0) is 25.9. The molecule has 0 aliphatic carbocycles. The van der Waals surface area contributed by atoms with Gasteiger partial charge in [0, 0.05) is 25.2 Å². The summed E-state index contributed by atoms with van der Waals surface area (Å²) >= 11 is 1.01. The van der Waals surface area contributed by atoms with Crippen LogP contribution in [-0.4, -0.2) is 37.2 Å². The van der Waals surface area contributed by atoms with E-state index < -0.39 is 27.6 Å². The van der Waals surface area contributed by atoms with Crippen molar-refractivity contribution in [2.24, 2.45) is 0 Å². The average molecular weight is 530 g/mol. The molecule has 0 radical (unpaired) electrons. The van der Waals surface area contributed by atoms with E-state index in [1.54, 1.807) is 0 Å². The van der Waals surface area contributed by atoms with Crippen molar-refractivity contribution in [3.63, 3.8) is 0 Å². The molecular weight excluding hydrogens is 504 g/mol. The van der Waals surface area contributed by atoms with Crippen LogP contribution in [0.15, 0.2) is 71.6 Å². The number of nitrogens with zero attached hydrogens (tertiary/aromatic N) is 3.